The van der Waals surface area contributed by atoms with E-state index in [0.717, 1.165) is 0 Å². The van der Waals surface area contributed by atoms with E-state index in [9.17, 15) is 9.59 Å². The van der Waals surface area contributed by atoms with Crippen LogP contribution in [0.4, 0.5) is 0 Å². The quantitative estimate of drug-likeness (QED) is 0.575. The van der Waals surface area contributed by atoms with Crippen LogP contribution in [0.5, 0.6) is 0 Å². The second-order valence-corrected chi connectivity index (χ2v) is 3.55. The van der Waals surface area contributed by atoms with E-state index in [2.05, 4.69) is 10.4 Å². The van der Waals surface area contributed by atoms with Crippen molar-refractivity contribution in [1.29, 1.82) is 0 Å². The Morgan fingerprint density at radius 1 is 1.53 bits per heavy atom. The molecule has 1 amide bonds. The van der Waals surface area contributed by atoms with E-state index in [1.165, 1.54) is 17.7 Å². The molecule has 17 heavy (non-hydrogen) atoms. The summed E-state index contributed by atoms with van der Waals surface area (Å²) in [6.07, 6.45) is 0. The van der Waals surface area contributed by atoms with E-state index in [0.29, 0.717) is 25.5 Å². The van der Waals surface area contributed by atoms with Crippen LogP contribution in [0.2, 0.25) is 0 Å². The van der Waals surface area contributed by atoms with E-state index < -0.39 is 0 Å². The number of hydrogen-bond acceptors (Lipinski definition) is 4. The number of hydrogen-bond donors (Lipinski definition) is 1. The Morgan fingerprint density at radius 3 is 2.76 bits per heavy atom. The van der Waals surface area contributed by atoms with Crippen molar-refractivity contribution in [2.75, 3.05) is 19.8 Å². The molecule has 1 aromatic rings. The molecule has 1 heterocycles. The Balaban J connectivity index is 2.57. The van der Waals surface area contributed by atoms with E-state index >= 15 is 0 Å². The molecule has 6 heteroatoms. The third kappa shape index (κ3) is 3.67. The first-order valence-corrected chi connectivity index (χ1v) is 5.47. The number of Topliss-reactive ketones (excluding diaryl/α,β-unsaturated/α-hetero) is 1. The van der Waals surface area contributed by atoms with Crippen molar-refractivity contribution < 1.29 is 14.3 Å². The fourth-order valence-electron chi connectivity index (χ4n) is 1.38. The van der Waals surface area contributed by atoms with Crippen LogP contribution >= 0.6 is 0 Å². The lowest BCUT2D eigenvalue weighted by molar-refractivity contribution is 0.0916. The number of ketones is 1. The highest BCUT2D eigenvalue weighted by atomic mass is 16.5. The van der Waals surface area contributed by atoms with Gasteiger partial charge in [0.05, 0.1) is 6.61 Å². The van der Waals surface area contributed by atoms with Crippen molar-refractivity contribution in [1.82, 2.24) is 15.1 Å². The van der Waals surface area contributed by atoms with Gasteiger partial charge in [-0.25, -0.2) is 0 Å². The van der Waals surface area contributed by atoms with Crippen molar-refractivity contribution in [2.24, 2.45) is 7.05 Å². The standard InChI is InChI=1S/C11H17N3O3/c1-4-17-6-5-12-11(16)9-7-10(8(2)15)14(3)13-9/h7H,4-6H2,1-3H3,(H,12,16). The maximum Gasteiger partial charge on any atom is 0.271 e. The summed E-state index contributed by atoms with van der Waals surface area (Å²) in [5.74, 6) is -0.416. The van der Waals surface area contributed by atoms with Crippen LogP contribution in [0, 0.1) is 0 Å². The summed E-state index contributed by atoms with van der Waals surface area (Å²) < 4.78 is 6.50. The van der Waals surface area contributed by atoms with Crippen LogP contribution in [0.25, 0.3) is 0 Å². The first-order chi connectivity index (χ1) is 8.06. The Bertz CT molecular complexity index is 412. The van der Waals surface area contributed by atoms with Gasteiger partial charge in [-0.05, 0) is 6.92 Å². The first-order valence-electron chi connectivity index (χ1n) is 5.47. The molecule has 0 fully saturated rings. The van der Waals surface area contributed by atoms with Crippen LogP contribution in [0.15, 0.2) is 6.07 Å². The number of aromatic nitrogens is 2. The summed E-state index contributed by atoms with van der Waals surface area (Å²) in [6, 6.07) is 1.48. The molecule has 1 N–H and O–H groups in total. The van der Waals surface area contributed by atoms with Gasteiger partial charge < -0.3 is 10.1 Å². The molecular weight excluding hydrogens is 222 g/mol. The van der Waals surface area contributed by atoms with Crippen molar-refractivity contribution in [2.45, 2.75) is 13.8 Å². The van der Waals surface area contributed by atoms with Gasteiger partial charge in [-0.15, -0.1) is 0 Å². The minimum absolute atomic E-state index is 0.117. The molecule has 94 valence electrons. The largest absolute Gasteiger partial charge is 0.380 e. The van der Waals surface area contributed by atoms with Crippen molar-refractivity contribution in [3.63, 3.8) is 0 Å². The number of nitrogens with zero attached hydrogens (tertiary/aromatic N) is 2. The molecule has 1 rings (SSSR count). The third-order valence-corrected chi connectivity index (χ3v) is 2.21. The number of aryl methyl sites for hydroxylation is 1. The molecule has 0 radical (unpaired) electrons. The first kappa shape index (κ1) is 13.4. The number of rotatable bonds is 6. The van der Waals surface area contributed by atoms with Gasteiger partial charge in [0, 0.05) is 33.2 Å². The van der Waals surface area contributed by atoms with Gasteiger partial charge in [-0.3, -0.25) is 14.3 Å². The molecule has 0 saturated carbocycles. The summed E-state index contributed by atoms with van der Waals surface area (Å²) in [5, 5.41) is 6.64. The van der Waals surface area contributed by atoms with Crippen molar-refractivity contribution in [3.8, 4) is 0 Å². The van der Waals surface area contributed by atoms with E-state index in [1.54, 1.807) is 7.05 Å². The maximum absolute atomic E-state index is 11.6. The van der Waals surface area contributed by atoms with Crippen LogP contribution in [0.3, 0.4) is 0 Å². The highest BCUT2D eigenvalue weighted by Crippen LogP contribution is 2.03. The summed E-state index contributed by atoms with van der Waals surface area (Å²) in [5.41, 5.74) is 0.661. The average Bonchev–Trinajstić information content (AvgIpc) is 2.66. The van der Waals surface area contributed by atoms with Gasteiger partial charge in [0.2, 0.25) is 0 Å². The molecule has 0 aliphatic heterocycles. The third-order valence-electron chi connectivity index (χ3n) is 2.21. The Morgan fingerprint density at radius 2 is 2.24 bits per heavy atom. The smallest absolute Gasteiger partial charge is 0.271 e. The Hall–Kier alpha value is -1.69. The van der Waals surface area contributed by atoms with Crippen molar-refractivity contribution >= 4 is 11.7 Å². The number of amides is 1. The fraction of sp³-hybridized carbons (Fsp3) is 0.545. The number of nitrogens with one attached hydrogen (secondary N) is 1. The molecule has 0 aliphatic carbocycles. The normalized spacial score (nSPS) is 10.3. The number of carbonyl (C=O) groups is 2. The second-order valence-electron chi connectivity index (χ2n) is 3.55. The van der Waals surface area contributed by atoms with Gasteiger partial charge in [0.25, 0.3) is 5.91 Å². The predicted molar refractivity (Wildman–Crippen MR) is 62.0 cm³/mol. The molecule has 6 nitrogen and oxygen atoms in total. The van der Waals surface area contributed by atoms with Crippen LogP contribution in [0.1, 0.15) is 34.8 Å². The Kier molecular flexibility index (Phi) is 4.84. The van der Waals surface area contributed by atoms with Gasteiger partial charge >= 0.3 is 0 Å². The molecule has 1 aromatic heterocycles. The zero-order chi connectivity index (χ0) is 12.8. The molecule has 0 saturated heterocycles. The lowest BCUT2D eigenvalue weighted by atomic mass is 10.3. The lowest BCUT2D eigenvalue weighted by Crippen LogP contribution is -2.27. The van der Waals surface area contributed by atoms with Gasteiger partial charge in [0.15, 0.2) is 11.5 Å². The molecule has 0 aromatic carbocycles. The van der Waals surface area contributed by atoms with Crippen LogP contribution < -0.4 is 5.32 Å². The summed E-state index contributed by atoms with van der Waals surface area (Å²) >= 11 is 0. The van der Waals surface area contributed by atoms with Gasteiger partial charge in [-0.1, -0.05) is 0 Å². The minimum atomic E-state index is -0.298. The Labute approximate surface area is 99.9 Å². The second kappa shape index (κ2) is 6.15. The zero-order valence-corrected chi connectivity index (χ0v) is 10.3. The summed E-state index contributed by atoms with van der Waals surface area (Å²) in [7, 11) is 1.63. The molecule has 0 atom stereocenters. The SMILES string of the molecule is CCOCCNC(=O)c1cc(C(C)=O)n(C)n1. The molecule has 0 unspecified atom stereocenters. The van der Waals surface area contributed by atoms with Crippen molar-refractivity contribution in [3.05, 3.63) is 17.5 Å². The topological polar surface area (TPSA) is 73.2 Å². The maximum atomic E-state index is 11.6. The molecule has 0 spiro atoms. The molecule has 0 bridgehead atoms. The van der Waals surface area contributed by atoms with Crippen LogP contribution in [-0.4, -0.2) is 41.2 Å². The van der Waals surface area contributed by atoms with E-state index in [1.807, 2.05) is 6.92 Å². The van der Waals surface area contributed by atoms with Gasteiger partial charge in [-0.2, -0.15) is 5.10 Å². The lowest BCUT2D eigenvalue weighted by Gasteiger charge is -2.02. The molecule has 0 aliphatic rings. The number of carbonyl (C=O) groups excluding carboxylic acids is 2. The predicted octanol–water partition coefficient (Wildman–Crippen LogP) is 0.389. The number of ether oxygens (including phenoxy) is 1. The zero-order valence-electron chi connectivity index (χ0n) is 10.3. The van der Waals surface area contributed by atoms with Crippen LogP contribution in [-0.2, 0) is 11.8 Å². The summed E-state index contributed by atoms with van der Waals surface area (Å²) in [4.78, 5) is 22.8. The van der Waals surface area contributed by atoms with E-state index in [4.69, 9.17) is 4.74 Å². The summed E-state index contributed by atoms with van der Waals surface area (Å²) in [6.45, 7) is 4.84. The van der Waals surface area contributed by atoms with Gasteiger partial charge in [0.1, 0.15) is 5.69 Å². The average molecular weight is 239 g/mol. The van der Waals surface area contributed by atoms with E-state index in [-0.39, 0.29) is 17.4 Å². The highest BCUT2D eigenvalue weighted by molar-refractivity contribution is 5.97. The monoisotopic (exact) mass is 239 g/mol. The highest BCUT2D eigenvalue weighted by Gasteiger charge is 2.14. The minimum Gasteiger partial charge on any atom is -0.380 e. The fourth-order valence-corrected chi connectivity index (χ4v) is 1.38. The molecular formula is C11H17N3O3.